The molecule has 2 amide bonds. The quantitative estimate of drug-likeness (QED) is 0.767. The molecule has 0 bridgehead atoms. The van der Waals surface area contributed by atoms with Crippen LogP contribution < -0.4 is 10.6 Å². The van der Waals surface area contributed by atoms with E-state index in [-0.39, 0.29) is 24.3 Å². The van der Waals surface area contributed by atoms with Gasteiger partial charge in [-0.05, 0) is 30.0 Å². The molecule has 2 aromatic rings. The summed E-state index contributed by atoms with van der Waals surface area (Å²) in [5, 5.41) is 5.65. The molecule has 25 heavy (non-hydrogen) atoms. The van der Waals surface area contributed by atoms with E-state index < -0.39 is 0 Å². The summed E-state index contributed by atoms with van der Waals surface area (Å²) in [7, 11) is 0. The molecule has 0 aliphatic carbocycles. The van der Waals surface area contributed by atoms with Gasteiger partial charge in [-0.1, -0.05) is 68.8 Å². The largest absolute Gasteiger partial charge is 0.346 e. The average molecular weight is 338 g/mol. The van der Waals surface area contributed by atoms with Gasteiger partial charge >= 0.3 is 0 Å². The molecule has 0 aromatic heterocycles. The van der Waals surface area contributed by atoms with E-state index in [0.717, 1.165) is 36.1 Å². The van der Waals surface area contributed by atoms with Crippen molar-refractivity contribution in [3.8, 4) is 0 Å². The Kier molecular flexibility index (Phi) is 7.20. The van der Waals surface area contributed by atoms with Crippen molar-refractivity contribution in [2.45, 2.75) is 39.0 Å². The van der Waals surface area contributed by atoms with Crippen LogP contribution in [0.3, 0.4) is 0 Å². The second kappa shape index (κ2) is 9.62. The first-order valence-corrected chi connectivity index (χ1v) is 8.86. The SMILES string of the molecule is CCCC(C(=O)NCC(=O)Nc1ccccc1CC)c1ccccc1. The summed E-state index contributed by atoms with van der Waals surface area (Å²) in [6, 6.07) is 17.4. The molecule has 2 rings (SSSR count). The van der Waals surface area contributed by atoms with Crippen LogP contribution in [0.5, 0.6) is 0 Å². The number of amides is 2. The van der Waals surface area contributed by atoms with Crippen LogP contribution >= 0.6 is 0 Å². The summed E-state index contributed by atoms with van der Waals surface area (Å²) in [6.07, 6.45) is 2.51. The third-order valence-corrected chi connectivity index (χ3v) is 4.19. The molecule has 1 atom stereocenters. The van der Waals surface area contributed by atoms with Gasteiger partial charge in [0.15, 0.2) is 0 Å². The van der Waals surface area contributed by atoms with Crippen LogP contribution in [0.1, 0.15) is 43.7 Å². The molecule has 0 fully saturated rings. The van der Waals surface area contributed by atoms with Gasteiger partial charge in [-0.3, -0.25) is 9.59 Å². The third-order valence-electron chi connectivity index (χ3n) is 4.19. The summed E-state index contributed by atoms with van der Waals surface area (Å²) in [6.45, 7) is 4.07. The summed E-state index contributed by atoms with van der Waals surface area (Å²) in [5.74, 6) is -0.536. The topological polar surface area (TPSA) is 58.2 Å². The van der Waals surface area contributed by atoms with Crippen molar-refractivity contribution in [3.63, 3.8) is 0 Å². The van der Waals surface area contributed by atoms with Gasteiger partial charge in [0.05, 0.1) is 12.5 Å². The van der Waals surface area contributed by atoms with E-state index in [9.17, 15) is 9.59 Å². The van der Waals surface area contributed by atoms with E-state index in [1.165, 1.54) is 0 Å². The second-order valence-electron chi connectivity index (χ2n) is 6.03. The maximum absolute atomic E-state index is 12.5. The van der Waals surface area contributed by atoms with Crippen molar-refractivity contribution in [1.29, 1.82) is 0 Å². The highest BCUT2D eigenvalue weighted by Crippen LogP contribution is 2.21. The minimum absolute atomic E-state index is 0.0239. The maximum Gasteiger partial charge on any atom is 0.243 e. The molecular weight excluding hydrogens is 312 g/mol. The summed E-state index contributed by atoms with van der Waals surface area (Å²) >= 11 is 0. The highest BCUT2D eigenvalue weighted by Gasteiger charge is 2.20. The Morgan fingerprint density at radius 2 is 1.64 bits per heavy atom. The normalized spacial score (nSPS) is 11.6. The van der Waals surface area contributed by atoms with Crippen molar-refractivity contribution >= 4 is 17.5 Å². The van der Waals surface area contributed by atoms with Gasteiger partial charge in [0.1, 0.15) is 0 Å². The van der Waals surface area contributed by atoms with Gasteiger partial charge in [0.25, 0.3) is 0 Å². The van der Waals surface area contributed by atoms with Crippen molar-refractivity contribution in [3.05, 3.63) is 65.7 Å². The molecule has 1 unspecified atom stereocenters. The molecular formula is C21H26N2O2. The highest BCUT2D eigenvalue weighted by molar-refractivity contribution is 5.96. The first kappa shape index (κ1) is 18.7. The zero-order valence-electron chi connectivity index (χ0n) is 14.9. The molecule has 2 N–H and O–H groups in total. The number of nitrogens with one attached hydrogen (secondary N) is 2. The predicted molar refractivity (Wildman–Crippen MR) is 102 cm³/mol. The number of benzene rings is 2. The molecule has 0 spiro atoms. The van der Waals surface area contributed by atoms with E-state index >= 15 is 0 Å². The number of carbonyl (C=O) groups excluding carboxylic acids is 2. The van der Waals surface area contributed by atoms with E-state index in [1.54, 1.807) is 0 Å². The minimum Gasteiger partial charge on any atom is -0.346 e. The Labute approximate surface area is 149 Å². The molecule has 0 aliphatic rings. The fraction of sp³-hybridized carbons (Fsp3) is 0.333. The maximum atomic E-state index is 12.5. The van der Waals surface area contributed by atoms with Crippen molar-refractivity contribution in [2.75, 3.05) is 11.9 Å². The van der Waals surface area contributed by atoms with Crippen molar-refractivity contribution in [2.24, 2.45) is 0 Å². The lowest BCUT2D eigenvalue weighted by Crippen LogP contribution is -2.36. The first-order valence-electron chi connectivity index (χ1n) is 8.86. The van der Waals surface area contributed by atoms with Crippen molar-refractivity contribution in [1.82, 2.24) is 5.32 Å². The fourth-order valence-corrected chi connectivity index (χ4v) is 2.86. The zero-order chi connectivity index (χ0) is 18.1. The number of hydrogen-bond acceptors (Lipinski definition) is 2. The smallest absolute Gasteiger partial charge is 0.243 e. The summed E-state index contributed by atoms with van der Waals surface area (Å²) < 4.78 is 0. The zero-order valence-corrected chi connectivity index (χ0v) is 14.9. The average Bonchev–Trinajstić information content (AvgIpc) is 2.65. The monoisotopic (exact) mass is 338 g/mol. The van der Waals surface area contributed by atoms with Crippen LogP contribution in [0.4, 0.5) is 5.69 Å². The highest BCUT2D eigenvalue weighted by atomic mass is 16.2. The molecule has 0 heterocycles. The number of carbonyl (C=O) groups is 2. The Bertz CT molecular complexity index is 698. The number of para-hydroxylation sites is 1. The number of rotatable bonds is 8. The van der Waals surface area contributed by atoms with Gasteiger partial charge in [-0.15, -0.1) is 0 Å². The number of aryl methyl sites for hydroxylation is 1. The van der Waals surface area contributed by atoms with Gasteiger partial charge < -0.3 is 10.6 Å². The Hall–Kier alpha value is -2.62. The van der Waals surface area contributed by atoms with Gasteiger partial charge in [-0.2, -0.15) is 0 Å². The summed E-state index contributed by atoms with van der Waals surface area (Å²) in [5.41, 5.74) is 2.87. The van der Waals surface area contributed by atoms with E-state index in [0.29, 0.717) is 0 Å². The van der Waals surface area contributed by atoms with Gasteiger partial charge in [-0.25, -0.2) is 0 Å². The molecule has 0 saturated heterocycles. The number of anilines is 1. The van der Waals surface area contributed by atoms with Crippen LogP contribution in [0.2, 0.25) is 0 Å². The van der Waals surface area contributed by atoms with E-state index in [2.05, 4.69) is 17.6 Å². The fourth-order valence-electron chi connectivity index (χ4n) is 2.86. The minimum atomic E-state index is -0.220. The van der Waals surface area contributed by atoms with Crippen LogP contribution in [-0.2, 0) is 16.0 Å². The van der Waals surface area contributed by atoms with E-state index in [4.69, 9.17) is 0 Å². The summed E-state index contributed by atoms with van der Waals surface area (Å²) in [4.78, 5) is 24.7. The molecule has 4 nitrogen and oxygen atoms in total. The van der Waals surface area contributed by atoms with Crippen LogP contribution in [0.15, 0.2) is 54.6 Å². The van der Waals surface area contributed by atoms with Crippen LogP contribution in [0.25, 0.3) is 0 Å². The Morgan fingerprint density at radius 3 is 2.32 bits per heavy atom. The standard InChI is InChI=1S/C21H26N2O2/c1-3-10-18(17-12-6-5-7-13-17)21(25)22-15-20(24)23-19-14-9-8-11-16(19)4-2/h5-9,11-14,18H,3-4,10,15H2,1-2H3,(H,22,25)(H,23,24). The van der Waals surface area contributed by atoms with Crippen LogP contribution in [-0.4, -0.2) is 18.4 Å². The lowest BCUT2D eigenvalue weighted by molar-refractivity contribution is -0.125. The molecule has 4 heteroatoms. The van der Waals surface area contributed by atoms with Gasteiger partial charge in [0, 0.05) is 5.69 Å². The number of hydrogen-bond donors (Lipinski definition) is 2. The molecule has 0 saturated carbocycles. The van der Waals surface area contributed by atoms with Crippen LogP contribution in [0, 0.1) is 0 Å². The van der Waals surface area contributed by atoms with Crippen molar-refractivity contribution < 1.29 is 9.59 Å². The molecule has 132 valence electrons. The van der Waals surface area contributed by atoms with E-state index in [1.807, 2.05) is 61.5 Å². The second-order valence-corrected chi connectivity index (χ2v) is 6.03. The predicted octanol–water partition coefficient (Wildman–Crippen LogP) is 3.89. The molecule has 2 aromatic carbocycles. The molecule has 0 radical (unpaired) electrons. The molecule has 0 aliphatic heterocycles. The lowest BCUT2D eigenvalue weighted by Gasteiger charge is -2.17. The Balaban J connectivity index is 1.94. The van der Waals surface area contributed by atoms with Gasteiger partial charge in [0.2, 0.25) is 11.8 Å². The lowest BCUT2D eigenvalue weighted by atomic mass is 9.94. The Morgan fingerprint density at radius 1 is 0.960 bits per heavy atom. The third kappa shape index (κ3) is 5.45. The first-order chi connectivity index (χ1) is 12.2.